The largest absolute Gasteiger partial charge is 0.143 e. The molecular formula is C36H30S. The Morgan fingerprint density at radius 2 is 0.676 bits per heavy atom. The highest BCUT2D eigenvalue weighted by Gasteiger charge is 2.24. The smallest absolute Gasteiger partial charge is 0.0434 e. The first-order valence-corrected chi connectivity index (χ1v) is 13.7. The number of aryl methyl sites for hydroxylation is 4. The highest BCUT2D eigenvalue weighted by molar-refractivity contribution is 7.18. The van der Waals surface area contributed by atoms with Gasteiger partial charge in [-0.1, -0.05) is 119 Å². The van der Waals surface area contributed by atoms with Crippen molar-refractivity contribution >= 4 is 21.4 Å². The van der Waals surface area contributed by atoms with E-state index in [1.54, 1.807) is 0 Å². The molecular weight excluding hydrogens is 464 g/mol. The van der Waals surface area contributed by atoms with Gasteiger partial charge in [0.1, 0.15) is 0 Å². The maximum Gasteiger partial charge on any atom is 0.0434 e. The van der Waals surface area contributed by atoms with Crippen molar-refractivity contribution in [3.8, 4) is 44.5 Å². The van der Waals surface area contributed by atoms with Gasteiger partial charge in [0.2, 0.25) is 0 Å². The van der Waals surface area contributed by atoms with Crippen molar-refractivity contribution in [2.45, 2.75) is 27.7 Å². The van der Waals surface area contributed by atoms with E-state index in [0.717, 1.165) is 0 Å². The molecule has 0 bridgehead atoms. The van der Waals surface area contributed by atoms with Gasteiger partial charge >= 0.3 is 0 Å². The van der Waals surface area contributed by atoms with Crippen LogP contribution in [-0.2, 0) is 0 Å². The molecule has 0 N–H and O–H groups in total. The summed E-state index contributed by atoms with van der Waals surface area (Å²) in [6.45, 7) is 8.63. The molecule has 0 aliphatic rings. The van der Waals surface area contributed by atoms with Crippen LogP contribution in [0.3, 0.4) is 0 Å². The number of hydrogen-bond donors (Lipinski definition) is 0. The molecule has 0 unspecified atom stereocenters. The number of thiophene rings is 1. The second kappa shape index (κ2) is 9.50. The number of benzene rings is 5. The van der Waals surface area contributed by atoms with E-state index in [1.165, 1.54) is 76.8 Å². The standard InChI is InChI=1S/C36H30S/c1-23-5-13-27(14-6-23)32-31-21-22-37-36(31)35(30-19-11-26(4)12-20-30)34(29-17-9-25(3)10-18-29)33(32)28-15-7-24(2)8-16-28/h5-22H,1-4H3. The van der Waals surface area contributed by atoms with E-state index >= 15 is 0 Å². The molecule has 0 atom stereocenters. The molecule has 0 nitrogen and oxygen atoms in total. The van der Waals surface area contributed by atoms with Crippen LogP contribution in [-0.4, -0.2) is 0 Å². The molecule has 1 heterocycles. The first-order chi connectivity index (χ1) is 18.0. The van der Waals surface area contributed by atoms with Crippen LogP contribution in [0, 0.1) is 27.7 Å². The van der Waals surface area contributed by atoms with E-state index in [9.17, 15) is 0 Å². The predicted octanol–water partition coefficient (Wildman–Crippen LogP) is 10.8. The van der Waals surface area contributed by atoms with Crippen LogP contribution in [0.25, 0.3) is 54.6 Å². The van der Waals surface area contributed by atoms with Crippen LogP contribution in [0.15, 0.2) is 109 Å². The fourth-order valence-corrected chi connectivity index (χ4v) is 6.21. The molecule has 0 spiro atoms. The monoisotopic (exact) mass is 494 g/mol. The van der Waals surface area contributed by atoms with E-state index in [-0.39, 0.29) is 0 Å². The Bertz CT molecular complexity index is 1570. The van der Waals surface area contributed by atoms with E-state index < -0.39 is 0 Å². The van der Waals surface area contributed by atoms with E-state index in [1.807, 2.05) is 11.3 Å². The van der Waals surface area contributed by atoms with Crippen LogP contribution in [0.2, 0.25) is 0 Å². The quantitative estimate of drug-likeness (QED) is 0.229. The first kappa shape index (κ1) is 23.5. The first-order valence-electron chi connectivity index (χ1n) is 12.8. The summed E-state index contributed by atoms with van der Waals surface area (Å²) in [6.07, 6.45) is 0. The lowest BCUT2D eigenvalue weighted by Crippen LogP contribution is -1.96. The van der Waals surface area contributed by atoms with Crippen LogP contribution < -0.4 is 0 Å². The summed E-state index contributed by atoms with van der Waals surface area (Å²) in [5, 5.41) is 3.56. The summed E-state index contributed by atoms with van der Waals surface area (Å²) in [5.74, 6) is 0. The molecule has 5 aromatic carbocycles. The minimum absolute atomic E-state index is 1.25. The van der Waals surface area contributed by atoms with E-state index in [0.29, 0.717) is 0 Å². The summed E-state index contributed by atoms with van der Waals surface area (Å²) < 4.78 is 1.34. The van der Waals surface area contributed by atoms with Gasteiger partial charge in [-0.05, 0) is 78.1 Å². The minimum atomic E-state index is 1.25. The Morgan fingerprint density at radius 1 is 0.351 bits per heavy atom. The van der Waals surface area contributed by atoms with Crippen molar-refractivity contribution in [3.63, 3.8) is 0 Å². The SMILES string of the molecule is Cc1ccc(-c2c(-c3ccc(C)cc3)c(-c3ccc(C)cc3)c3sccc3c2-c2ccc(C)cc2)cc1. The van der Waals surface area contributed by atoms with E-state index in [4.69, 9.17) is 0 Å². The molecule has 180 valence electrons. The maximum atomic E-state index is 2.31. The van der Waals surface area contributed by atoms with Gasteiger partial charge in [-0.3, -0.25) is 0 Å². The Balaban J connectivity index is 1.84. The fourth-order valence-electron chi connectivity index (χ4n) is 5.23. The second-order valence-electron chi connectivity index (χ2n) is 10.1. The summed E-state index contributed by atoms with van der Waals surface area (Å²) in [4.78, 5) is 0. The molecule has 37 heavy (non-hydrogen) atoms. The van der Waals surface area contributed by atoms with Gasteiger partial charge in [0.05, 0.1) is 0 Å². The van der Waals surface area contributed by atoms with Gasteiger partial charge in [0.15, 0.2) is 0 Å². The Morgan fingerprint density at radius 3 is 1.08 bits per heavy atom. The van der Waals surface area contributed by atoms with Crippen LogP contribution in [0.5, 0.6) is 0 Å². The van der Waals surface area contributed by atoms with Crippen molar-refractivity contribution in [3.05, 3.63) is 131 Å². The van der Waals surface area contributed by atoms with Crippen molar-refractivity contribution in [1.29, 1.82) is 0 Å². The third kappa shape index (κ3) is 4.30. The van der Waals surface area contributed by atoms with Gasteiger partial charge in [-0.25, -0.2) is 0 Å². The zero-order valence-electron chi connectivity index (χ0n) is 21.8. The highest BCUT2D eigenvalue weighted by atomic mass is 32.1. The molecule has 0 aliphatic heterocycles. The second-order valence-corrected chi connectivity index (χ2v) is 11.0. The zero-order chi connectivity index (χ0) is 25.5. The van der Waals surface area contributed by atoms with Crippen molar-refractivity contribution in [2.75, 3.05) is 0 Å². The molecule has 1 heteroatoms. The minimum Gasteiger partial charge on any atom is -0.143 e. The van der Waals surface area contributed by atoms with Gasteiger partial charge in [-0.15, -0.1) is 11.3 Å². The number of fused-ring (bicyclic) bond motifs is 1. The highest BCUT2D eigenvalue weighted by Crippen LogP contribution is 2.52. The van der Waals surface area contributed by atoms with Crippen LogP contribution >= 0.6 is 11.3 Å². The summed E-state index contributed by atoms with van der Waals surface area (Å²) in [5.41, 5.74) is 15.3. The molecule has 0 saturated heterocycles. The fraction of sp³-hybridized carbons (Fsp3) is 0.111. The van der Waals surface area contributed by atoms with Gasteiger partial charge in [-0.2, -0.15) is 0 Å². The average molecular weight is 495 g/mol. The number of hydrogen-bond acceptors (Lipinski definition) is 1. The van der Waals surface area contributed by atoms with Crippen molar-refractivity contribution in [1.82, 2.24) is 0 Å². The Hall–Kier alpha value is -3.94. The van der Waals surface area contributed by atoms with Crippen LogP contribution in [0.4, 0.5) is 0 Å². The molecule has 6 rings (SSSR count). The van der Waals surface area contributed by atoms with E-state index in [2.05, 4.69) is 136 Å². The molecule has 0 saturated carbocycles. The third-order valence-electron chi connectivity index (χ3n) is 7.27. The normalized spacial score (nSPS) is 11.2. The molecule has 0 fully saturated rings. The number of rotatable bonds is 4. The summed E-state index contributed by atoms with van der Waals surface area (Å²) >= 11 is 1.84. The summed E-state index contributed by atoms with van der Waals surface area (Å²) in [6, 6.07) is 38.4. The third-order valence-corrected chi connectivity index (χ3v) is 8.20. The van der Waals surface area contributed by atoms with Gasteiger partial charge in [0.25, 0.3) is 0 Å². The topological polar surface area (TPSA) is 0 Å². The molecule has 0 radical (unpaired) electrons. The molecule has 0 aliphatic carbocycles. The molecule has 0 amide bonds. The summed E-state index contributed by atoms with van der Waals surface area (Å²) in [7, 11) is 0. The lowest BCUT2D eigenvalue weighted by Gasteiger charge is -2.23. The lowest BCUT2D eigenvalue weighted by molar-refractivity contribution is 1.45. The zero-order valence-corrected chi connectivity index (χ0v) is 22.6. The lowest BCUT2D eigenvalue weighted by atomic mass is 9.81. The van der Waals surface area contributed by atoms with Gasteiger partial charge < -0.3 is 0 Å². The van der Waals surface area contributed by atoms with Gasteiger partial charge in [0, 0.05) is 15.6 Å². The molecule has 6 aromatic rings. The average Bonchev–Trinajstić information content (AvgIpc) is 3.39. The molecule has 1 aromatic heterocycles. The van der Waals surface area contributed by atoms with Crippen molar-refractivity contribution < 1.29 is 0 Å². The van der Waals surface area contributed by atoms with Crippen LogP contribution in [0.1, 0.15) is 22.3 Å². The Labute approximate surface area is 223 Å². The maximum absolute atomic E-state index is 2.31. The van der Waals surface area contributed by atoms with Crippen molar-refractivity contribution in [2.24, 2.45) is 0 Å². The predicted molar refractivity (Wildman–Crippen MR) is 163 cm³/mol. The Kier molecular flexibility index (Phi) is 6.02.